The quantitative estimate of drug-likeness (QED) is 0.701. The first-order valence-electron chi connectivity index (χ1n) is 9.64. The van der Waals surface area contributed by atoms with E-state index in [2.05, 4.69) is 36.7 Å². The zero-order valence-corrected chi connectivity index (χ0v) is 16.4. The van der Waals surface area contributed by atoms with Gasteiger partial charge in [-0.15, -0.1) is 0 Å². The zero-order chi connectivity index (χ0) is 18.1. The number of aryl methyl sites for hydroxylation is 2. The van der Waals surface area contributed by atoms with Crippen molar-refractivity contribution < 1.29 is 9.32 Å². The number of nitrogens with one attached hydrogen (secondary N) is 1. The molecule has 3 aromatic rings. The van der Waals surface area contributed by atoms with Crippen molar-refractivity contribution in [3.8, 4) is 0 Å². The predicted octanol–water partition coefficient (Wildman–Crippen LogP) is 3.12. The molecule has 1 N–H and O–H groups in total. The fourth-order valence-electron chi connectivity index (χ4n) is 3.97. The van der Waals surface area contributed by atoms with Gasteiger partial charge in [0.15, 0.2) is 6.67 Å². The van der Waals surface area contributed by atoms with Crippen LogP contribution in [0.15, 0.2) is 28.7 Å². The van der Waals surface area contributed by atoms with Gasteiger partial charge in [-0.05, 0) is 31.1 Å². The van der Waals surface area contributed by atoms with Crippen LogP contribution in [0.2, 0.25) is 0 Å². The maximum absolute atomic E-state index is 6.04. The van der Waals surface area contributed by atoms with Gasteiger partial charge < -0.3 is 13.9 Å². The molecule has 26 heavy (non-hydrogen) atoms. The Morgan fingerprint density at radius 2 is 2.08 bits per heavy atom. The van der Waals surface area contributed by atoms with Crippen LogP contribution in [0.1, 0.15) is 43.3 Å². The second-order valence-electron chi connectivity index (χ2n) is 7.31. The summed E-state index contributed by atoms with van der Waals surface area (Å²) in [5, 5.41) is 6.05. The first-order valence-corrected chi connectivity index (χ1v) is 10.0. The molecule has 0 spiro atoms. The molecule has 0 radical (unpaired) electrons. The highest BCUT2D eigenvalue weighted by Gasteiger charge is 2.19. The van der Waals surface area contributed by atoms with Gasteiger partial charge in [0.2, 0.25) is 4.77 Å². The lowest BCUT2D eigenvalue weighted by molar-refractivity contribution is -0.917. The van der Waals surface area contributed by atoms with Crippen molar-refractivity contribution in [2.75, 3.05) is 7.05 Å². The third-order valence-corrected chi connectivity index (χ3v) is 5.71. The summed E-state index contributed by atoms with van der Waals surface area (Å²) in [7, 11) is 2.20. The van der Waals surface area contributed by atoms with Gasteiger partial charge in [-0.2, -0.15) is 9.78 Å². The van der Waals surface area contributed by atoms with Gasteiger partial charge in [0.05, 0.1) is 12.6 Å². The van der Waals surface area contributed by atoms with Gasteiger partial charge in [-0.25, -0.2) is 0 Å². The monoisotopic (exact) mass is 371 g/mol. The number of rotatable bonds is 5. The van der Waals surface area contributed by atoms with Gasteiger partial charge in [0.25, 0.3) is 0 Å². The third kappa shape index (κ3) is 3.23. The zero-order valence-electron chi connectivity index (χ0n) is 15.6. The standard InChI is InChI=1S/C20H26N4OS/c1-3-17-16(15-9-6-7-10-18(15)25-17)13-22(2)14-24-20(26)23-12-8-4-5-11-19(23)21-24/h6-7,9-10H,3-5,8,11-14H2,1-2H3/p+1. The number of aromatic nitrogens is 3. The van der Waals surface area contributed by atoms with Crippen molar-refractivity contribution in [1.29, 1.82) is 0 Å². The minimum Gasteiger partial charge on any atom is -0.461 e. The van der Waals surface area contributed by atoms with E-state index >= 15 is 0 Å². The number of fused-ring (bicyclic) bond motifs is 2. The van der Waals surface area contributed by atoms with E-state index in [9.17, 15) is 0 Å². The summed E-state index contributed by atoms with van der Waals surface area (Å²) in [6.45, 7) is 4.85. The molecular weight excluding hydrogens is 344 g/mol. The van der Waals surface area contributed by atoms with Crippen LogP contribution in [-0.4, -0.2) is 21.4 Å². The van der Waals surface area contributed by atoms with E-state index < -0.39 is 0 Å². The Morgan fingerprint density at radius 1 is 1.23 bits per heavy atom. The number of hydrogen-bond donors (Lipinski definition) is 1. The summed E-state index contributed by atoms with van der Waals surface area (Å²) < 4.78 is 11.2. The molecular formula is C20H27N4OS+. The summed E-state index contributed by atoms with van der Waals surface area (Å²) in [4.78, 5) is 1.36. The Morgan fingerprint density at radius 3 is 2.92 bits per heavy atom. The minimum atomic E-state index is 0.779. The topological polar surface area (TPSA) is 40.3 Å². The Labute approximate surface area is 159 Å². The largest absolute Gasteiger partial charge is 0.461 e. The van der Waals surface area contributed by atoms with Gasteiger partial charge in [0.1, 0.15) is 23.7 Å². The van der Waals surface area contributed by atoms with E-state index in [1.54, 1.807) is 0 Å². The second kappa shape index (κ2) is 7.37. The molecule has 1 atom stereocenters. The average molecular weight is 372 g/mol. The lowest BCUT2D eigenvalue weighted by Crippen LogP contribution is -3.07. The van der Waals surface area contributed by atoms with E-state index in [1.807, 2.05) is 10.7 Å². The van der Waals surface area contributed by atoms with Crippen LogP contribution < -0.4 is 4.90 Å². The van der Waals surface area contributed by atoms with E-state index in [-0.39, 0.29) is 0 Å². The van der Waals surface area contributed by atoms with Crippen LogP contribution in [-0.2, 0) is 32.6 Å². The molecule has 1 aromatic carbocycles. The Balaban J connectivity index is 1.57. The van der Waals surface area contributed by atoms with Crippen LogP contribution in [0.4, 0.5) is 0 Å². The van der Waals surface area contributed by atoms with E-state index in [0.29, 0.717) is 0 Å². The molecule has 6 heteroatoms. The number of quaternary nitrogens is 1. The van der Waals surface area contributed by atoms with Gasteiger partial charge in [-0.3, -0.25) is 0 Å². The number of nitrogens with zero attached hydrogens (tertiary/aromatic N) is 3. The average Bonchev–Trinajstić information content (AvgIpc) is 3.02. The number of para-hydroxylation sites is 1. The van der Waals surface area contributed by atoms with E-state index in [4.69, 9.17) is 21.7 Å². The molecule has 0 saturated heterocycles. The number of hydrogen-bond acceptors (Lipinski definition) is 3. The summed E-state index contributed by atoms with van der Waals surface area (Å²) in [5.41, 5.74) is 2.30. The molecule has 0 amide bonds. The van der Waals surface area contributed by atoms with Gasteiger partial charge in [-0.1, -0.05) is 31.5 Å². The molecule has 5 nitrogen and oxygen atoms in total. The Bertz CT molecular complexity index is 968. The van der Waals surface area contributed by atoms with Crippen LogP contribution in [0.5, 0.6) is 0 Å². The Kier molecular flexibility index (Phi) is 4.96. The molecule has 1 aliphatic rings. The third-order valence-electron chi connectivity index (χ3n) is 5.28. The highest BCUT2D eigenvalue weighted by molar-refractivity contribution is 7.71. The SMILES string of the molecule is CCc1oc2ccccc2c1C[NH+](C)Cn1nc2n(c1=S)CCCCC2. The molecule has 3 heterocycles. The smallest absolute Gasteiger partial charge is 0.202 e. The molecule has 138 valence electrons. The maximum Gasteiger partial charge on any atom is 0.202 e. The Hall–Kier alpha value is -1.92. The molecule has 0 saturated carbocycles. The second-order valence-corrected chi connectivity index (χ2v) is 7.67. The fraction of sp³-hybridized carbons (Fsp3) is 0.500. The summed E-state index contributed by atoms with van der Waals surface area (Å²) >= 11 is 5.70. The highest BCUT2D eigenvalue weighted by atomic mass is 32.1. The number of furan rings is 1. The first-order chi connectivity index (χ1) is 12.7. The van der Waals surface area contributed by atoms with E-state index in [1.165, 1.54) is 35.1 Å². The molecule has 0 bridgehead atoms. The van der Waals surface area contributed by atoms with Crippen LogP contribution in [0, 0.1) is 4.77 Å². The van der Waals surface area contributed by atoms with E-state index in [0.717, 1.165) is 54.5 Å². The van der Waals surface area contributed by atoms with Crippen LogP contribution >= 0.6 is 12.2 Å². The molecule has 1 unspecified atom stereocenters. The van der Waals surface area contributed by atoms with Crippen molar-refractivity contribution in [2.24, 2.45) is 0 Å². The lowest BCUT2D eigenvalue weighted by Gasteiger charge is -2.14. The summed E-state index contributed by atoms with van der Waals surface area (Å²) in [5.74, 6) is 2.25. The molecule has 0 aliphatic carbocycles. The lowest BCUT2D eigenvalue weighted by atomic mass is 10.1. The predicted molar refractivity (Wildman–Crippen MR) is 105 cm³/mol. The van der Waals surface area contributed by atoms with Crippen molar-refractivity contribution in [1.82, 2.24) is 14.3 Å². The first kappa shape index (κ1) is 17.5. The normalized spacial score (nSPS) is 15.8. The highest BCUT2D eigenvalue weighted by Crippen LogP contribution is 2.25. The summed E-state index contributed by atoms with van der Waals surface area (Å²) in [6.07, 6.45) is 5.65. The minimum absolute atomic E-state index is 0.779. The van der Waals surface area contributed by atoms with Gasteiger partial charge >= 0.3 is 0 Å². The molecule has 4 rings (SSSR count). The van der Waals surface area contributed by atoms with Crippen LogP contribution in [0.3, 0.4) is 0 Å². The summed E-state index contributed by atoms with van der Waals surface area (Å²) in [6, 6.07) is 8.32. The molecule has 1 aliphatic heterocycles. The van der Waals surface area contributed by atoms with Crippen LogP contribution in [0.25, 0.3) is 11.0 Å². The number of benzene rings is 1. The van der Waals surface area contributed by atoms with Gasteiger partial charge in [0, 0.05) is 24.8 Å². The van der Waals surface area contributed by atoms with Crippen molar-refractivity contribution in [3.05, 3.63) is 46.2 Å². The molecule has 0 fully saturated rings. The van der Waals surface area contributed by atoms with Crippen molar-refractivity contribution in [2.45, 2.75) is 58.8 Å². The van der Waals surface area contributed by atoms with Crippen molar-refractivity contribution in [3.63, 3.8) is 0 Å². The van der Waals surface area contributed by atoms with Crippen molar-refractivity contribution >= 4 is 23.2 Å². The maximum atomic E-state index is 6.04. The fourth-order valence-corrected chi connectivity index (χ4v) is 4.27. The molecule has 2 aromatic heterocycles.